The van der Waals surface area contributed by atoms with E-state index in [9.17, 15) is 0 Å². The van der Waals surface area contributed by atoms with Crippen LogP contribution in [-0.2, 0) is 13.0 Å². The van der Waals surface area contributed by atoms with Gasteiger partial charge in [0.15, 0.2) is 5.96 Å². The maximum atomic E-state index is 5.87. The van der Waals surface area contributed by atoms with Gasteiger partial charge >= 0.3 is 0 Å². The smallest absolute Gasteiger partial charge is 0.188 e. The van der Waals surface area contributed by atoms with E-state index in [0.29, 0.717) is 11.9 Å². The molecule has 3 N–H and O–H groups in total. The van der Waals surface area contributed by atoms with Crippen LogP contribution in [0.5, 0.6) is 0 Å². The number of benzene rings is 1. The number of fused-ring (bicyclic) bond motifs is 1. The lowest BCUT2D eigenvalue weighted by atomic mass is 10.00. The number of aliphatic imine (C=N–C) groups is 1. The SMILES string of the molecule is CC(C)CCNC(N)=NCCCN1CCc2ccccc2C1. The highest BCUT2D eigenvalue weighted by molar-refractivity contribution is 5.77. The number of nitrogens with zero attached hydrogens (tertiary/aromatic N) is 2. The van der Waals surface area contributed by atoms with Crippen molar-refractivity contribution < 1.29 is 0 Å². The van der Waals surface area contributed by atoms with Gasteiger partial charge in [-0.3, -0.25) is 9.89 Å². The number of hydrogen-bond acceptors (Lipinski definition) is 2. The Morgan fingerprint density at radius 1 is 1.32 bits per heavy atom. The first-order valence-electron chi connectivity index (χ1n) is 8.48. The van der Waals surface area contributed by atoms with Crippen molar-refractivity contribution in [2.75, 3.05) is 26.2 Å². The molecule has 1 aromatic rings. The van der Waals surface area contributed by atoms with Gasteiger partial charge in [0.2, 0.25) is 0 Å². The second kappa shape index (κ2) is 8.79. The molecule has 1 heterocycles. The molecule has 0 unspecified atom stereocenters. The standard InChI is InChI=1S/C18H30N4/c1-15(2)8-11-21-18(19)20-10-5-12-22-13-9-16-6-3-4-7-17(16)14-22/h3-4,6-7,15H,5,8-14H2,1-2H3,(H3,19,20,21). The molecule has 122 valence electrons. The zero-order valence-corrected chi connectivity index (χ0v) is 14.0. The third-order valence-electron chi connectivity index (χ3n) is 4.15. The molecule has 0 saturated heterocycles. The van der Waals surface area contributed by atoms with E-state index in [0.717, 1.165) is 45.6 Å². The Balaban J connectivity index is 1.63. The molecule has 2 rings (SSSR count). The van der Waals surface area contributed by atoms with Crippen LogP contribution in [0.1, 0.15) is 37.8 Å². The number of nitrogens with two attached hydrogens (primary N) is 1. The van der Waals surface area contributed by atoms with Gasteiger partial charge in [-0.05, 0) is 36.3 Å². The first-order valence-corrected chi connectivity index (χ1v) is 8.48. The third-order valence-corrected chi connectivity index (χ3v) is 4.15. The summed E-state index contributed by atoms with van der Waals surface area (Å²) in [6.45, 7) is 9.47. The predicted octanol–water partition coefficient (Wildman–Crippen LogP) is 2.39. The molecule has 0 spiro atoms. The fourth-order valence-electron chi connectivity index (χ4n) is 2.78. The Bertz CT molecular complexity index is 482. The van der Waals surface area contributed by atoms with Gasteiger partial charge < -0.3 is 11.1 Å². The molecule has 0 radical (unpaired) electrons. The fourth-order valence-corrected chi connectivity index (χ4v) is 2.78. The maximum Gasteiger partial charge on any atom is 0.188 e. The van der Waals surface area contributed by atoms with Gasteiger partial charge in [0, 0.05) is 32.7 Å². The van der Waals surface area contributed by atoms with E-state index >= 15 is 0 Å². The van der Waals surface area contributed by atoms with E-state index in [1.165, 1.54) is 17.5 Å². The zero-order chi connectivity index (χ0) is 15.8. The summed E-state index contributed by atoms with van der Waals surface area (Å²) < 4.78 is 0. The van der Waals surface area contributed by atoms with Gasteiger partial charge in [0.1, 0.15) is 0 Å². The molecule has 0 aromatic heterocycles. The highest BCUT2D eigenvalue weighted by Crippen LogP contribution is 2.18. The van der Waals surface area contributed by atoms with Crippen LogP contribution in [0, 0.1) is 5.92 Å². The Morgan fingerprint density at radius 3 is 2.86 bits per heavy atom. The van der Waals surface area contributed by atoms with Gasteiger partial charge in [0.05, 0.1) is 0 Å². The average molecular weight is 302 g/mol. The van der Waals surface area contributed by atoms with Crippen LogP contribution < -0.4 is 11.1 Å². The molecule has 0 fully saturated rings. The molecular formula is C18H30N4. The third kappa shape index (κ3) is 5.68. The average Bonchev–Trinajstić information content (AvgIpc) is 2.51. The molecule has 4 heteroatoms. The molecule has 0 aliphatic carbocycles. The van der Waals surface area contributed by atoms with Crippen LogP contribution in [0.25, 0.3) is 0 Å². The van der Waals surface area contributed by atoms with Crippen LogP contribution in [0.3, 0.4) is 0 Å². The van der Waals surface area contributed by atoms with E-state index in [-0.39, 0.29) is 0 Å². The summed E-state index contributed by atoms with van der Waals surface area (Å²) >= 11 is 0. The van der Waals surface area contributed by atoms with Crippen LogP contribution in [0.2, 0.25) is 0 Å². The molecule has 0 atom stereocenters. The van der Waals surface area contributed by atoms with Crippen molar-refractivity contribution >= 4 is 5.96 Å². The van der Waals surface area contributed by atoms with Crippen LogP contribution >= 0.6 is 0 Å². The van der Waals surface area contributed by atoms with Crippen molar-refractivity contribution in [3.8, 4) is 0 Å². The van der Waals surface area contributed by atoms with Gasteiger partial charge in [-0.2, -0.15) is 0 Å². The van der Waals surface area contributed by atoms with E-state index in [1.807, 2.05) is 0 Å². The lowest BCUT2D eigenvalue weighted by Crippen LogP contribution is -2.34. The number of rotatable bonds is 7. The first-order chi connectivity index (χ1) is 10.6. The number of nitrogens with one attached hydrogen (secondary N) is 1. The van der Waals surface area contributed by atoms with E-state index < -0.39 is 0 Å². The van der Waals surface area contributed by atoms with Crippen molar-refractivity contribution in [3.63, 3.8) is 0 Å². The lowest BCUT2D eigenvalue weighted by molar-refractivity contribution is 0.252. The summed E-state index contributed by atoms with van der Waals surface area (Å²) in [5, 5.41) is 3.18. The number of hydrogen-bond donors (Lipinski definition) is 2. The molecule has 0 bridgehead atoms. The second-order valence-electron chi connectivity index (χ2n) is 6.52. The highest BCUT2D eigenvalue weighted by Gasteiger charge is 2.14. The normalized spacial score (nSPS) is 15.9. The van der Waals surface area contributed by atoms with Crippen molar-refractivity contribution in [1.29, 1.82) is 0 Å². The van der Waals surface area contributed by atoms with Crippen molar-refractivity contribution in [2.45, 2.75) is 39.7 Å². The van der Waals surface area contributed by atoms with Crippen molar-refractivity contribution in [3.05, 3.63) is 35.4 Å². The Labute approximate surface area is 134 Å². The van der Waals surface area contributed by atoms with Crippen LogP contribution in [0.15, 0.2) is 29.3 Å². The maximum absolute atomic E-state index is 5.87. The summed E-state index contributed by atoms with van der Waals surface area (Å²) in [4.78, 5) is 6.92. The molecule has 1 aromatic carbocycles. The lowest BCUT2D eigenvalue weighted by Gasteiger charge is -2.28. The van der Waals surface area contributed by atoms with Gasteiger partial charge in [0.25, 0.3) is 0 Å². The molecule has 1 aliphatic heterocycles. The molecule has 4 nitrogen and oxygen atoms in total. The van der Waals surface area contributed by atoms with Crippen LogP contribution in [0.4, 0.5) is 0 Å². The Hall–Kier alpha value is -1.55. The summed E-state index contributed by atoms with van der Waals surface area (Å²) in [5.74, 6) is 1.28. The zero-order valence-electron chi connectivity index (χ0n) is 14.0. The molecule has 22 heavy (non-hydrogen) atoms. The Morgan fingerprint density at radius 2 is 2.09 bits per heavy atom. The fraction of sp³-hybridized carbons (Fsp3) is 0.611. The second-order valence-corrected chi connectivity index (χ2v) is 6.52. The topological polar surface area (TPSA) is 53.6 Å². The first kappa shape index (κ1) is 16.8. The summed E-state index contributed by atoms with van der Waals surface area (Å²) in [6, 6.07) is 8.77. The molecule has 1 aliphatic rings. The summed E-state index contributed by atoms with van der Waals surface area (Å²) in [6.07, 6.45) is 3.36. The largest absolute Gasteiger partial charge is 0.370 e. The molecule has 0 amide bonds. The minimum atomic E-state index is 0.588. The van der Waals surface area contributed by atoms with E-state index in [4.69, 9.17) is 5.73 Å². The van der Waals surface area contributed by atoms with Gasteiger partial charge in [-0.15, -0.1) is 0 Å². The molecular weight excluding hydrogens is 272 g/mol. The summed E-state index contributed by atoms with van der Waals surface area (Å²) in [5.41, 5.74) is 8.86. The summed E-state index contributed by atoms with van der Waals surface area (Å²) in [7, 11) is 0. The molecule has 0 saturated carbocycles. The van der Waals surface area contributed by atoms with E-state index in [1.54, 1.807) is 0 Å². The number of guanidine groups is 1. The monoisotopic (exact) mass is 302 g/mol. The van der Waals surface area contributed by atoms with E-state index in [2.05, 4.69) is 53.3 Å². The van der Waals surface area contributed by atoms with Gasteiger partial charge in [-0.25, -0.2) is 0 Å². The predicted molar refractivity (Wildman–Crippen MR) is 94.0 cm³/mol. The minimum Gasteiger partial charge on any atom is -0.370 e. The quantitative estimate of drug-likeness (QED) is 0.462. The highest BCUT2D eigenvalue weighted by atomic mass is 15.1. The minimum absolute atomic E-state index is 0.588. The van der Waals surface area contributed by atoms with Crippen LogP contribution in [-0.4, -0.2) is 37.0 Å². The van der Waals surface area contributed by atoms with Crippen molar-refractivity contribution in [1.82, 2.24) is 10.2 Å². The van der Waals surface area contributed by atoms with Gasteiger partial charge in [-0.1, -0.05) is 38.1 Å². The Kier molecular flexibility index (Phi) is 6.72. The van der Waals surface area contributed by atoms with Crippen molar-refractivity contribution in [2.24, 2.45) is 16.6 Å².